The van der Waals surface area contributed by atoms with Gasteiger partial charge in [-0.15, -0.1) is 0 Å². The van der Waals surface area contributed by atoms with Crippen molar-refractivity contribution < 1.29 is 4.84 Å². The molecule has 4 bridgehead atoms. The molecule has 0 aromatic carbocycles. The van der Waals surface area contributed by atoms with E-state index in [2.05, 4.69) is 13.8 Å². The molecule has 0 aliphatic heterocycles. The van der Waals surface area contributed by atoms with Gasteiger partial charge in [-0.3, -0.25) is 4.84 Å². The number of nitrogens with two attached hydrogens (primary N) is 1. The lowest BCUT2D eigenvalue weighted by Gasteiger charge is -2.64. The predicted molar refractivity (Wildman–Crippen MR) is 55.4 cm³/mol. The van der Waals surface area contributed by atoms with Gasteiger partial charge in [0.2, 0.25) is 0 Å². The normalized spacial score (nSPS) is 60.6. The van der Waals surface area contributed by atoms with Gasteiger partial charge in [0.1, 0.15) is 0 Å². The quantitative estimate of drug-likeness (QED) is 0.653. The molecule has 2 unspecified atom stereocenters. The smallest absolute Gasteiger partial charge is 0.0906 e. The van der Waals surface area contributed by atoms with Gasteiger partial charge in [0, 0.05) is 0 Å². The Labute approximate surface area is 86.1 Å². The van der Waals surface area contributed by atoms with Gasteiger partial charge in [-0.2, -0.15) is 0 Å². The summed E-state index contributed by atoms with van der Waals surface area (Å²) < 4.78 is 0. The molecule has 0 amide bonds. The Morgan fingerprint density at radius 1 is 1.00 bits per heavy atom. The van der Waals surface area contributed by atoms with E-state index in [0.29, 0.717) is 10.8 Å². The molecule has 4 aliphatic carbocycles. The Balaban J connectivity index is 2.01. The van der Waals surface area contributed by atoms with E-state index in [0.717, 1.165) is 5.92 Å². The Morgan fingerprint density at radius 3 is 2.00 bits per heavy atom. The van der Waals surface area contributed by atoms with Crippen molar-refractivity contribution in [3.63, 3.8) is 0 Å². The summed E-state index contributed by atoms with van der Waals surface area (Å²) >= 11 is 0. The van der Waals surface area contributed by atoms with Gasteiger partial charge in [-0.05, 0) is 55.3 Å². The van der Waals surface area contributed by atoms with E-state index in [1.54, 1.807) is 0 Å². The molecule has 4 aliphatic rings. The van der Waals surface area contributed by atoms with Crippen LogP contribution in [-0.2, 0) is 4.84 Å². The molecule has 2 nitrogen and oxygen atoms in total. The average molecular weight is 195 g/mol. The third kappa shape index (κ3) is 1.10. The van der Waals surface area contributed by atoms with Gasteiger partial charge in [0.15, 0.2) is 0 Å². The Kier molecular flexibility index (Phi) is 1.54. The summed E-state index contributed by atoms with van der Waals surface area (Å²) in [6.45, 7) is 4.87. The molecule has 0 saturated heterocycles. The lowest BCUT2D eigenvalue weighted by molar-refractivity contribution is -0.216. The molecule has 2 atom stereocenters. The molecular formula is C12H21NO. The highest BCUT2D eigenvalue weighted by Gasteiger charge is 2.60. The third-order valence-electron chi connectivity index (χ3n) is 4.83. The second-order valence-corrected chi connectivity index (χ2v) is 6.93. The maximum absolute atomic E-state index is 5.55. The fourth-order valence-electron chi connectivity index (χ4n) is 5.47. The Hall–Kier alpha value is -0.0800. The zero-order valence-electron chi connectivity index (χ0n) is 9.31. The van der Waals surface area contributed by atoms with Crippen LogP contribution in [0.5, 0.6) is 0 Å². The summed E-state index contributed by atoms with van der Waals surface area (Å²) in [6, 6.07) is 0. The number of rotatable bonds is 1. The van der Waals surface area contributed by atoms with Gasteiger partial charge < -0.3 is 0 Å². The second kappa shape index (κ2) is 2.35. The van der Waals surface area contributed by atoms with Crippen LogP contribution in [0.1, 0.15) is 52.4 Å². The zero-order chi connectivity index (χ0) is 10.0. The van der Waals surface area contributed by atoms with Crippen LogP contribution in [0.4, 0.5) is 0 Å². The fourth-order valence-corrected chi connectivity index (χ4v) is 5.47. The minimum absolute atomic E-state index is 0.0446. The van der Waals surface area contributed by atoms with Crippen molar-refractivity contribution in [3.8, 4) is 0 Å². The standard InChI is InChI=1S/C12H21NO/c1-10-3-9-4-11(2,6-10)8-12(5-9,7-10)14-13/h9H,3-8,13H2,1-2H3. The Bertz CT molecular complexity index is 257. The molecule has 0 aromatic heterocycles. The fraction of sp³-hybridized carbons (Fsp3) is 1.00. The van der Waals surface area contributed by atoms with Gasteiger partial charge in [0.05, 0.1) is 5.60 Å². The first-order valence-corrected chi connectivity index (χ1v) is 5.85. The van der Waals surface area contributed by atoms with Crippen LogP contribution in [0.15, 0.2) is 0 Å². The molecule has 2 N–H and O–H groups in total. The highest BCUT2D eigenvalue weighted by Crippen LogP contribution is 2.66. The third-order valence-corrected chi connectivity index (χ3v) is 4.83. The summed E-state index contributed by atoms with van der Waals surface area (Å²) in [4.78, 5) is 5.38. The maximum Gasteiger partial charge on any atom is 0.0906 e. The van der Waals surface area contributed by atoms with E-state index < -0.39 is 0 Å². The van der Waals surface area contributed by atoms with E-state index in [1.807, 2.05) is 0 Å². The van der Waals surface area contributed by atoms with Crippen molar-refractivity contribution in [2.75, 3.05) is 0 Å². The lowest BCUT2D eigenvalue weighted by atomic mass is 9.44. The first-order valence-electron chi connectivity index (χ1n) is 5.85. The largest absolute Gasteiger partial charge is 0.298 e. The molecule has 0 spiro atoms. The van der Waals surface area contributed by atoms with Crippen LogP contribution in [-0.4, -0.2) is 5.60 Å². The van der Waals surface area contributed by atoms with Gasteiger partial charge in [-0.1, -0.05) is 13.8 Å². The highest BCUT2D eigenvalue weighted by atomic mass is 16.6. The van der Waals surface area contributed by atoms with E-state index >= 15 is 0 Å². The van der Waals surface area contributed by atoms with E-state index in [4.69, 9.17) is 10.7 Å². The predicted octanol–water partition coefficient (Wildman–Crippen LogP) is 2.63. The van der Waals surface area contributed by atoms with E-state index in [9.17, 15) is 0 Å². The summed E-state index contributed by atoms with van der Waals surface area (Å²) in [5, 5.41) is 0. The van der Waals surface area contributed by atoms with Crippen LogP contribution < -0.4 is 5.90 Å². The maximum atomic E-state index is 5.55. The van der Waals surface area contributed by atoms with Crippen LogP contribution in [0, 0.1) is 16.7 Å². The first-order chi connectivity index (χ1) is 6.47. The molecule has 0 heterocycles. The second-order valence-electron chi connectivity index (χ2n) is 6.93. The van der Waals surface area contributed by atoms with Crippen molar-refractivity contribution >= 4 is 0 Å². The summed E-state index contributed by atoms with van der Waals surface area (Å²) in [6.07, 6.45) is 7.82. The van der Waals surface area contributed by atoms with Crippen molar-refractivity contribution in [1.29, 1.82) is 0 Å². The first kappa shape index (κ1) is 9.17. The van der Waals surface area contributed by atoms with Crippen molar-refractivity contribution in [2.24, 2.45) is 22.6 Å². The monoisotopic (exact) mass is 195 g/mol. The molecule has 0 radical (unpaired) electrons. The van der Waals surface area contributed by atoms with Crippen molar-refractivity contribution in [1.82, 2.24) is 0 Å². The molecule has 4 rings (SSSR count). The van der Waals surface area contributed by atoms with Crippen LogP contribution in [0.3, 0.4) is 0 Å². The molecule has 4 saturated carbocycles. The summed E-state index contributed by atoms with van der Waals surface area (Å²) in [5.41, 5.74) is 1.09. The highest BCUT2D eigenvalue weighted by molar-refractivity contribution is 5.11. The van der Waals surface area contributed by atoms with Gasteiger partial charge >= 0.3 is 0 Å². The molecular weight excluding hydrogens is 174 g/mol. The van der Waals surface area contributed by atoms with Gasteiger partial charge in [-0.25, -0.2) is 5.90 Å². The molecule has 14 heavy (non-hydrogen) atoms. The number of hydrogen-bond acceptors (Lipinski definition) is 2. The lowest BCUT2D eigenvalue weighted by Crippen LogP contribution is -2.60. The number of hydrogen-bond donors (Lipinski definition) is 1. The topological polar surface area (TPSA) is 35.2 Å². The molecule has 80 valence electrons. The Morgan fingerprint density at radius 2 is 1.57 bits per heavy atom. The van der Waals surface area contributed by atoms with Crippen molar-refractivity contribution in [2.45, 2.75) is 58.0 Å². The van der Waals surface area contributed by atoms with Crippen molar-refractivity contribution in [3.05, 3.63) is 0 Å². The minimum Gasteiger partial charge on any atom is -0.298 e. The summed E-state index contributed by atoms with van der Waals surface area (Å²) in [7, 11) is 0. The van der Waals surface area contributed by atoms with Crippen LogP contribution >= 0.6 is 0 Å². The minimum atomic E-state index is 0.0446. The van der Waals surface area contributed by atoms with Gasteiger partial charge in [0.25, 0.3) is 0 Å². The zero-order valence-corrected chi connectivity index (χ0v) is 9.31. The van der Waals surface area contributed by atoms with Crippen LogP contribution in [0.25, 0.3) is 0 Å². The van der Waals surface area contributed by atoms with E-state index in [1.165, 1.54) is 38.5 Å². The molecule has 4 fully saturated rings. The average Bonchev–Trinajstić information content (AvgIpc) is 1.97. The molecule has 0 aromatic rings. The SMILES string of the molecule is CC12CC3CC(C)(C1)CC(ON)(C3)C2. The van der Waals surface area contributed by atoms with E-state index in [-0.39, 0.29) is 5.60 Å². The van der Waals surface area contributed by atoms with Crippen LogP contribution in [0.2, 0.25) is 0 Å². The molecule has 2 heteroatoms. The summed E-state index contributed by atoms with van der Waals surface area (Å²) in [5.74, 6) is 6.42.